The Morgan fingerprint density at radius 1 is 0.951 bits per heavy atom. The molecule has 3 N–H and O–H groups in total. The smallest absolute Gasteiger partial charge is 0.231 e. The van der Waals surface area contributed by atoms with Gasteiger partial charge in [-0.2, -0.15) is 0 Å². The summed E-state index contributed by atoms with van der Waals surface area (Å²) < 4.78 is 27.2. The van der Waals surface area contributed by atoms with E-state index in [2.05, 4.69) is 48.3 Å². The molecule has 0 aromatic heterocycles. The topological polar surface area (TPSA) is 128 Å². The summed E-state index contributed by atoms with van der Waals surface area (Å²) in [6, 6.07) is 28.4. The quantitative estimate of drug-likeness (QED) is 0.0509. The summed E-state index contributed by atoms with van der Waals surface area (Å²) in [5.41, 5.74) is 3.68. The van der Waals surface area contributed by atoms with Gasteiger partial charge in [-0.15, -0.1) is 18.3 Å². The second-order valence-electron chi connectivity index (χ2n) is 16.6. The fourth-order valence-corrected chi connectivity index (χ4v) is 11.0. The molecule has 0 bridgehead atoms. The van der Waals surface area contributed by atoms with E-state index in [-0.39, 0.29) is 54.6 Å². The molecule has 2 heterocycles. The maximum Gasteiger partial charge on any atom is 0.231 e. The molecular weight excluding hydrogens is 789 g/mol. The fraction of sp³-hybridized carbons (Fsp3) is 0.440. The second-order valence-corrected chi connectivity index (χ2v) is 17.9. The lowest BCUT2D eigenvalue weighted by atomic mass is 9.56. The summed E-state index contributed by atoms with van der Waals surface area (Å²) in [5, 5.41) is 29.7. The first-order chi connectivity index (χ1) is 29.9. The van der Waals surface area contributed by atoms with Gasteiger partial charge in [-0.3, -0.25) is 4.79 Å². The van der Waals surface area contributed by atoms with Crippen LogP contribution in [0.25, 0.3) is 10.8 Å². The van der Waals surface area contributed by atoms with Crippen molar-refractivity contribution in [3.05, 3.63) is 115 Å². The van der Waals surface area contributed by atoms with Crippen LogP contribution in [0.15, 0.2) is 119 Å². The minimum atomic E-state index is -1.15. The summed E-state index contributed by atoms with van der Waals surface area (Å²) in [6.45, 7) is 6.75. The van der Waals surface area contributed by atoms with E-state index in [1.165, 1.54) is 6.92 Å². The van der Waals surface area contributed by atoms with Crippen LogP contribution in [0, 0.1) is 17.8 Å². The molecule has 7 atom stereocenters. The van der Waals surface area contributed by atoms with Crippen molar-refractivity contribution in [2.45, 2.75) is 99.3 Å². The molecule has 4 aromatic carbocycles. The maximum absolute atomic E-state index is 11.9. The van der Waals surface area contributed by atoms with Gasteiger partial charge >= 0.3 is 0 Å². The van der Waals surface area contributed by atoms with Gasteiger partial charge in [0.15, 0.2) is 0 Å². The van der Waals surface area contributed by atoms with Crippen LogP contribution in [0.1, 0.15) is 82.6 Å². The zero-order chi connectivity index (χ0) is 42.2. The Hall–Kier alpha value is -4.65. The van der Waals surface area contributed by atoms with Crippen LogP contribution in [0.4, 0.5) is 5.69 Å². The van der Waals surface area contributed by atoms with Crippen molar-refractivity contribution in [3.63, 3.8) is 0 Å². The molecule has 1 unspecified atom stereocenters. The number of amides is 1. The number of oxime groups is 1. The van der Waals surface area contributed by atoms with E-state index < -0.39 is 12.1 Å². The van der Waals surface area contributed by atoms with Gasteiger partial charge in [-0.1, -0.05) is 60.5 Å². The Morgan fingerprint density at radius 2 is 1.72 bits per heavy atom. The van der Waals surface area contributed by atoms with Gasteiger partial charge in [0, 0.05) is 55.0 Å². The number of thioether (sulfide) groups is 1. The van der Waals surface area contributed by atoms with Gasteiger partial charge in [0.1, 0.15) is 17.2 Å². The van der Waals surface area contributed by atoms with Crippen LogP contribution in [0.3, 0.4) is 0 Å². The van der Waals surface area contributed by atoms with Crippen molar-refractivity contribution in [2.24, 2.45) is 22.9 Å². The molecule has 1 saturated heterocycles. The van der Waals surface area contributed by atoms with Crippen LogP contribution in [-0.2, 0) is 19.1 Å². The van der Waals surface area contributed by atoms with E-state index in [4.69, 9.17) is 28.9 Å². The molecule has 322 valence electrons. The largest absolute Gasteiger partial charge is 0.460 e. The van der Waals surface area contributed by atoms with E-state index in [0.29, 0.717) is 25.2 Å². The molecule has 61 heavy (non-hydrogen) atoms. The number of carbonyl (C=O) groups excluding carboxylic acids is 1. The average Bonchev–Trinajstić information content (AvgIpc) is 3.27. The van der Waals surface area contributed by atoms with E-state index in [1.807, 2.05) is 54.6 Å². The third-order valence-electron chi connectivity index (χ3n) is 12.4. The maximum atomic E-state index is 11.9. The number of allylic oxidation sites excluding steroid dienone is 1. The number of benzene rings is 4. The Morgan fingerprint density at radius 3 is 2.48 bits per heavy atom. The van der Waals surface area contributed by atoms with Gasteiger partial charge in [-0.25, -0.2) is 0 Å². The molecule has 4 aliphatic rings. The van der Waals surface area contributed by atoms with Crippen molar-refractivity contribution >= 4 is 39.8 Å². The number of fused-ring (bicyclic) bond motifs is 3. The number of hydrogen-bond acceptors (Lipinski definition) is 10. The van der Waals surface area contributed by atoms with Gasteiger partial charge in [0.05, 0.1) is 30.1 Å². The molecule has 0 spiro atoms. The molecule has 0 radical (unpaired) electrons. The zero-order valence-corrected chi connectivity index (χ0v) is 35.8. The number of nitrogens with zero attached hydrogens (tertiary/aromatic N) is 1. The van der Waals surface area contributed by atoms with Gasteiger partial charge in [0.2, 0.25) is 18.0 Å². The molecule has 2 fully saturated rings. The van der Waals surface area contributed by atoms with Crippen LogP contribution in [-0.4, -0.2) is 65.6 Å². The molecule has 10 nitrogen and oxygen atoms in total. The van der Waals surface area contributed by atoms with Crippen molar-refractivity contribution in [2.75, 3.05) is 31.7 Å². The first-order valence-corrected chi connectivity index (χ1v) is 22.8. The highest BCUT2D eigenvalue weighted by Crippen LogP contribution is 2.63. The summed E-state index contributed by atoms with van der Waals surface area (Å²) in [5.74, 6) is 0.842. The van der Waals surface area contributed by atoms with Crippen LogP contribution in [0.2, 0.25) is 0 Å². The Balaban J connectivity index is 1.27. The van der Waals surface area contributed by atoms with Crippen molar-refractivity contribution in [1.29, 1.82) is 0 Å². The predicted molar refractivity (Wildman–Crippen MR) is 240 cm³/mol. The number of aliphatic hydroxyl groups excluding tert-OH is 2. The number of anilines is 1. The van der Waals surface area contributed by atoms with Gasteiger partial charge in [0.25, 0.3) is 0 Å². The molecular formula is C50H58N2O8S. The summed E-state index contributed by atoms with van der Waals surface area (Å²) >= 11 is 1.67. The Labute approximate surface area is 363 Å². The van der Waals surface area contributed by atoms with E-state index >= 15 is 0 Å². The number of hydrogen-bond donors (Lipinski definition) is 3. The zero-order valence-electron chi connectivity index (χ0n) is 35.0. The van der Waals surface area contributed by atoms with Crippen LogP contribution < -0.4 is 14.8 Å². The van der Waals surface area contributed by atoms with Crippen molar-refractivity contribution < 1.29 is 38.8 Å². The normalized spacial score (nSPS) is 26.1. The lowest BCUT2D eigenvalue weighted by Gasteiger charge is -2.58. The van der Waals surface area contributed by atoms with E-state index in [9.17, 15) is 15.0 Å². The van der Waals surface area contributed by atoms with Crippen LogP contribution >= 0.6 is 11.8 Å². The molecule has 1 saturated carbocycles. The molecule has 1 amide bonds. The minimum absolute atomic E-state index is 0.0896. The third kappa shape index (κ3) is 9.71. The average molecular weight is 847 g/mol. The van der Waals surface area contributed by atoms with Crippen molar-refractivity contribution in [3.8, 4) is 17.2 Å². The lowest BCUT2D eigenvalue weighted by molar-refractivity contribution is -0.223. The summed E-state index contributed by atoms with van der Waals surface area (Å²) in [6.07, 6.45) is 12.0. The Kier molecular flexibility index (Phi) is 14.1. The standard InChI is InChI=1S/C50H58N2O8S/c1-3-27-57-50-46(61-40-22-18-37(19-23-40)51-33(2)55)32-44(52-60-47-16-8-11-28-56-47)42-30-36(14-6-9-25-53)41(15-7-10-26-54)48(49(42)50)43-31-39(21-24-45(43)59-50)58-38-20-17-34-12-4-5-13-35(34)29-38/h3-5,12-13,17-24,29-31,36,41,46-49,53-54H,1,6-11,14-16,25-28,32H2,2H3,(H,51,55)/t36-,41+,46-,47?,48+,49+,50+/m0/s1. The first-order valence-electron chi connectivity index (χ1n) is 22.0. The van der Waals surface area contributed by atoms with Gasteiger partial charge < -0.3 is 39.3 Å². The number of unbranched alkanes of at least 4 members (excludes halogenated alkanes) is 2. The van der Waals surface area contributed by atoms with Crippen LogP contribution in [0.5, 0.6) is 17.2 Å². The lowest BCUT2D eigenvalue weighted by Crippen LogP contribution is -2.64. The monoisotopic (exact) mass is 846 g/mol. The molecule has 8 rings (SSSR count). The second kappa shape index (κ2) is 20.0. The van der Waals surface area contributed by atoms with E-state index in [1.54, 1.807) is 17.8 Å². The Bertz CT molecular complexity index is 2200. The SMILES string of the molecule is C=CCO[C@@]12Oc3ccc(Oc4ccc5ccccc5c4)cc3[C@H]3[C@H](CCCCO)[C@@H](CCCCO)C=C(C(=NOC4CCCCO4)C[C@@H]1Sc1ccc(NC(C)=O)cc1)[C@H]32. The predicted octanol–water partition coefficient (Wildman–Crippen LogP) is 10.5. The minimum Gasteiger partial charge on any atom is -0.460 e. The highest BCUT2D eigenvalue weighted by atomic mass is 32.2. The molecule has 2 aliphatic heterocycles. The highest BCUT2D eigenvalue weighted by molar-refractivity contribution is 8.00. The van der Waals surface area contributed by atoms with Gasteiger partial charge in [-0.05, 0) is 121 Å². The molecule has 2 aliphatic carbocycles. The molecule has 4 aromatic rings. The number of ether oxygens (including phenoxy) is 4. The highest BCUT2D eigenvalue weighted by Gasteiger charge is 2.64. The summed E-state index contributed by atoms with van der Waals surface area (Å²) in [4.78, 5) is 19.1. The third-order valence-corrected chi connectivity index (χ3v) is 13.8. The number of carbonyl (C=O) groups is 1. The number of rotatable bonds is 18. The number of aliphatic hydroxyl groups is 2. The first kappa shape index (κ1) is 43.0. The fourth-order valence-electron chi connectivity index (χ4n) is 9.76. The molecule has 11 heteroatoms. The van der Waals surface area contributed by atoms with Crippen molar-refractivity contribution in [1.82, 2.24) is 0 Å². The summed E-state index contributed by atoms with van der Waals surface area (Å²) in [7, 11) is 0. The van der Waals surface area contributed by atoms with E-state index in [0.717, 1.165) is 101 Å². The number of nitrogens with one attached hydrogen (secondary N) is 1.